The van der Waals surface area contributed by atoms with Crippen molar-refractivity contribution in [1.29, 1.82) is 0 Å². The lowest BCUT2D eigenvalue weighted by molar-refractivity contribution is 1.04. The predicted molar refractivity (Wildman–Crippen MR) is 83.2 cm³/mol. The summed E-state index contributed by atoms with van der Waals surface area (Å²) in [5, 5.41) is 7.55. The summed E-state index contributed by atoms with van der Waals surface area (Å²) in [7, 11) is 0. The molecule has 0 spiro atoms. The number of nitrogens with two attached hydrogens (primary N) is 1. The van der Waals surface area contributed by atoms with Crippen molar-refractivity contribution in [2.75, 3.05) is 5.73 Å². The molecule has 0 unspecified atom stereocenters. The molecule has 0 aliphatic carbocycles. The summed E-state index contributed by atoms with van der Waals surface area (Å²) in [5.74, 6) is 0. The second kappa shape index (κ2) is 4.21. The largest absolute Gasteiger partial charge is 0.399 e. The van der Waals surface area contributed by atoms with Gasteiger partial charge >= 0.3 is 5.69 Å². The number of nitrogens with zero attached hydrogens (tertiary/aromatic N) is 2. The van der Waals surface area contributed by atoms with Gasteiger partial charge in [-0.3, -0.25) is 0 Å². The lowest BCUT2D eigenvalue weighted by Gasteiger charge is -2.09. The molecule has 0 saturated carbocycles. The smallest absolute Gasteiger partial charge is 0.348 e. The maximum Gasteiger partial charge on any atom is 0.348 e. The minimum Gasteiger partial charge on any atom is -0.399 e. The van der Waals surface area contributed by atoms with E-state index in [9.17, 15) is 4.79 Å². The molecule has 0 saturated heterocycles. The highest BCUT2D eigenvalue weighted by atomic mass is 16.1. The summed E-state index contributed by atoms with van der Waals surface area (Å²) in [4.78, 5) is 11.9. The van der Waals surface area contributed by atoms with Crippen molar-refractivity contribution < 1.29 is 0 Å². The van der Waals surface area contributed by atoms with Gasteiger partial charge in [-0.2, -0.15) is 5.10 Å². The molecule has 102 valence electrons. The van der Waals surface area contributed by atoms with E-state index in [1.807, 2.05) is 54.6 Å². The monoisotopic (exact) mass is 276 g/mol. The molecule has 0 radical (unpaired) electrons. The molecule has 2 aromatic carbocycles. The van der Waals surface area contributed by atoms with E-state index < -0.39 is 0 Å². The number of hydrogen-bond acceptors (Lipinski definition) is 3. The quantitative estimate of drug-likeness (QED) is 0.524. The normalized spacial score (nSPS) is 11.2. The van der Waals surface area contributed by atoms with Gasteiger partial charge < -0.3 is 5.73 Å². The number of pyridine rings is 1. The number of aromatic amines is 1. The fourth-order valence-corrected chi connectivity index (χ4v) is 2.69. The maximum atomic E-state index is 11.9. The molecule has 2 heterocycles. The maximum absolute atomic E-state index is 11.9. The Bertz CT molecular complexity index is 1030. The second-order valence-corrected chi connectivity index (χ2v) is 4.92. The zero-order valence-electron chi connectivity index (χ0n) is 11.1. The highest BCUT2D eigenvalue weighted by Crippen LogP contribution is 2.30. The molecule has 21 heavy (non-hydrogen) atoms. The Kier molecular flexibility index (Phi) is 2.35. The lowest BCUT2D eigenvalue weighted by Crippen LogP contribution is -2.10. The third kappa shape index (κ3) is 1.71. The van der Waals surface area contributed by atoms with E-state index in [1.54, 1.807) is 4.40 Å². The van der Waals surface area contributed by atoms with Crippen LogP contribution in [0.15, 0.2) is 59.4 Å². The van der Waals surface area contributed by atoms with Crippen LogP contribution < -0.4 is 11.4 Å². The first kappa shape index (κ1) is 11.7. The number of fused-ring (bicyclic) bond motifs is 3. The fourth-order valence-electron chi connectivity index (χ4n) is 2.69. The molecule has 4 aromatic rings. The van der Waals surface area contributed by atoms with Gasteiger partial charge in [0.2, 0.25) is 0 Å². The Morgan fingerprint density at radius 2 is 1.90 bits per heavy atom. The van der Waals surface area contributed by atoms with Crippen LogP contribution in [0.1, 0.15) is 0 Å². The Balaban J connectivity index is 2.20. The average molecular weight is 276 g/mol. The summed E-state index contributed by atoms with van der Waals surface area (Å²) in [6.45, 7) is 0. The average Bonchev–Trinajstić information content (AvgIpc) is 2.88. The number of nitrogens with one attached hydrogen (secondary N) is 1. The molecule has 0 aliphatic rings. The molecule has 0 aliphatic heterocycles. The van der Waals surface area contributed by atoms with Crippen molar-refractivity contribution >= 4 is 22.2 Å². The van der Waals surface area contributed by atoms with Crippen LogP contribution in [0.3, 0.4) is 0 Å². The molecule has 4 rings (SSSR count). The van der Waals surface area contributed by atoms with Gasteiger partial charge in [0.1, 0.15) is 0 Å². The summed E-state index contributed by atoms with van der Waals surface area (Å²) < 4.78 is 1.57. The zero-order valence-corrected chi connectivity index (χ0v) is 11.1. The van der Waals surface area contributed by atoms with Crippen LogP contribution >= 0.6 is 0 Å². The zero-order chi connectivity index (χ0) is 14.4. The molecule has 2 aromatic heterocycles. The molecule has 0 bridgehead atoms. The number of hydrogen-bond donors (Lipinski definition) is 2. The van der Waals surface area contributed by atoms with Crippen molar-refractivity contribution in [2.24, 2.45) is 0 Å². The first-order valence-corrected chi connectivity index (χ1v) is 6.59. The van der Waals surface area contributed by atoms with Gasteiger partial charge in [0, 0.05) is 11.1 Å². The summed E-state index contributed by atoms with van der Waals surface area (Å²) >= 11 is 0. The van der Waals surface area contributed by atoms with E-state index in [0.29, 0.717) is 11.3 Å². The number of H-pyrrole nitrogens is 1. The molecular formula is C16H12N4O. The standard InChI is InChI=1S/C16H12N4O/c17-11-5-3-4-10(8-11)13-9-15-18-19-16(21)20(15)14-7-2-1-6-12(13)14/h1-9H,17H2,(H,19,21). The van der Waals surface area contributed by atoms with E-state index in [0.717, 1.165) is 22.0 Å². The minimum absolute atomic E-state index is 0.236. The van der Waals surface area contributed by atoms with Gasteiger partial charge in [0.15, 0.2) is 5.65 Å². The SMILES string of the molecule is Nc1cccc(-c2cc3n[nH]c(=O)n3c3ccccc23)c1. The lowest BCUT2D eigenvalue weighted by atomic mass is 10.0. The number of nitrogen functional groups attached to an aromatic ring is 1. The third-order valence-electron chi connectivity index (χ3n) is 3.60. The topological polar surface area (TPSA) is 76.2 Å². The molecular weight excluding hydrogens is 264 g/mol. The molecule has 0 atom stereocenters. The summed E-state index contributed by atoms with van der Waals surface area (Å²) in [6, 6.07) is 17.3. The van der Waals surface area contributed by atoms with Gasteiger partial charge in [-0.25, -0.2) is 14.3 Å². The Morgan fingerprint density at radius 3 is 2.76 bits per heavy atom. The van der Waals surface area contributed by atoms with Crippen molar-refractivity contribution in [3.05, 3.63) is 65.1 Å². The van der Waals surface area contributed by atoms with Gasteiger partial charge in [0.25, 0.3) is 0 Å². The van der Waals surface area contributed by atoms with E-state index in [-0.39, 0.29) is 5.69 Å². The molecule has 5 heteroatoms. The third-order valence-corrected chi connectivity index (χ3v) is 3.60. The highest BCUT2D eigenvalue weighted by molar-refractivity contribution is 5.97. The molecule has 0 amide bonds. The van der Waals surface area contributed by atoms with Crippen molar-refractivity contribution in [3.63, 3.8) is 0 Å². The van der Waals surface area contributed by atoms with Crippen LogP contribution in [0.5, 0.6) is 0 Å². The first-order chi connectivity index (χ1) is 10.2. The van der Waals surface area contributed by atoms with Crippen molar-refractivity contribution in [3.8, 4) is 11.1 Å². The number of aromatic nitrogens is 3. The van der Waals surface area contributed by atoms with E-state index in [2.05, 4.69) is 10.2 Å². The van der Waals surface area contributed by atoms with Crippen LogP contribution in [0.4, 0.5) is 5.69 Å². The highest BCUT2D eigenvalue weighted by Gasteiger charge is 2.11. The predicted octanol–water partition coefficient (Wildman–Crippen LogP) is 2.42. The van der Waals surface area contributed by atoms with Crippen molar-refractivity contribution in [1.82, 2.24) is 14.6 Å². The second-order valence-electron chi connectivity index (χ2n) is 4.92. The van der Waals surface area contributed by atoms with Gasteiger partial charge in [-0.15, -0.1) is 0 Å². The van der Waals surface area contributed by atoms with Crippen LogP contribution in [-0.2, 0) is 0 Å². The number of rotatable bonds is 1. The minimum atomic E-state index is -0.236. The van der Waals surface area contributed by atoms with Gasteiger partial charge in [-0.1, -0.05) is 30.3 Å². The van der Waals surface area contributed by atoms with E-state index in [1.165, 1.54) is 0 Å². The first-order valence-electron chi connectivity index (χ1n) is 6.59. The summed E-state index contributed by atoms with van der Waals surface area (Å²) in [5.41, 5.74) is 9.78. The van der Waals surface area contributed by atoms with E-state index >= 15 is 0 Å². The molecule has 0 fully saturated rings. The number of benzene rings is 2. The Labute approximate surface area is 119 Å². The van der Waals surface area contributed by atoms with Gasteiger partial charge in [0.05, 0.1) is 5.52 Å². The molecule has 5 nitrogen and oxygen atoms in total. The fraction of sp³-hybridized carbons (Fsp3) is 0. The number of anilines is 1. The van der Waals surface area contributed by atoms with Crippen molar-refractivity contribution in [2.45, 2.75) is 0 Å². The van der Waals surface area contributed by atoms with Crippen LogP contribution in [-0.4, -0.2) is 14.6 Å². The molecule has 3 N–H and O–H groups in total. The Hall–Kier alpha value is -3.08. The van der Waals surface area contributed by atoms with Crippen LogP contribution in [0.25, 0.3) is 27.7 Å². The number of para-hydroxylation sites is 1. The van der Waals surface area contributed by atoms with Crippen LogP contribution in [0.2, 0.25) is 0 Å². The summed E-state index contributed by atoms with van der Waals surface area (Å²) in [6.07, 6.45) is 0. The van der Waals surface area contributed by atoms with E-state index in [4.69, 9.17) is 5.73 Å². The Morgan fingerprint density at radius 1 is 1.05 bits per heavy atom. The van der Waals surface area contributed by atoms with Crippen LogP contribution in [0, 0.1) is 0 Å². The van der Waals surface area contributed by atoms with Gasteiger partial charge in [-0.05, 0) is 35.4 Å².